The van der Waals surface area contributed by atoms with Gasteiger partial charge >= 0.3 is 6.09 Å². The number of likely N-dealkylation sites (tertiary alicyclic amines) is 1. The number of hydrogen-bond acceptors (Lipinski definition) is 7. The standard InChI is InChI=1S/C28H45N3O7S/c1-7-21(3)39(35,36)30-20(2)18-25(32)29-26(33)23-12-14-24(15-13-23)37-17-9-11-22-10-8-16-31(19-22)27(34)38-28(4,5)6/h12-15,20-22,30H,7-11,16-19H2,1-6H3,(H,29,32,33). The molecule has 11 heteroatoms. The Morgan fingerprint density at radius 1 is 1.13 bits per heavy atom. The van der Waals surface area contributed by atoms with E-state index in [1.165, 1.54) is 0 Å². The zero-order valence-corrected chi connectivity index (χ0v) is 24.9. The fourth-order valence-electron chi connectivity index (χ4n) is 4.24. The van der Waals surface area contributed by atoms with E-state index in [-0.39, 0.29) is 12.5 Å². The van der Waals surface area contributed by atoms with E-state index >= 15 is 0 Å². The van der Waals surface area contributed by atoms with Gasteiger partial charge in [0.25, 0.3) is 5.91 Å². The first-order valence-electron chi connectivity index (χ1n) is 13.8. The van der Waals surface area contributed by atoms with Gasteiger partial charge < -0.3 is 14.4 Å². The first-order chi connectivity index (χ1) is 18.2. The first-order valence-corrected chi connectivity index (χ1v) is 15.3. The highest BCUT2D eigenvalue weighted by Crippen LogP contribution is 2.23. The Balaban J connectivity index is 1.72. The van der Waals surface area contributed by atoms with Gasteiger partial charge in [0, 0.05) is 31.1 Å². The topological polar surface area (TPSA) is 131 Å². The SMILES string of the molecule is CCC(C)S(=O)(=O)NC(C)CC(=O)NC(=O)c1ccc(OCCCC2CCCN(C(=O)OC(C)(C)C)C2)cc1. The minimum Gasteiger partial charge on any atom is -0.494 e. The summed E-state index contributed by atoms with van der Waals surface area (Å²) in [6.45, 7) is 12.5. The fourth-order valence-corrected chi connectivity index (χ4v) is 5.56. The van der Waals surface area contributed by atoms with Gasteiger partial charge in [-0.1, -0.05) is 6.92 Å². The number of nitrogens with one attached hydrogen (secondary N) is 2. The molecule has 0 bridgehead atoms. The van der Waals surface area contributed by atoms with Gasteiger partial charge in [0.1, 0.15) is 11.4 Å². The summed E-state index contributed by atoms with van der Waals surface area (Å²) < 4.78 is 38.1. The normalized spacial score (nSPS) is 17.7. The molecule has 0 radical (unpaired) electrons. The second kappa shape index (κ2) is 14.6. The molecule has 0 saturated carbocycles. The van der Waals surface area contributed by atoms with Gasteiger partial charge in [-0.3, -0.25) is 14.9 Å². The van der Waals surface area contributed by atoms with Crippen LogP contribution in [0.2, 0.25) is 0 Å². The highest BCUT2D eigenvalue weighted by atomic mass is 32.2. The quantitative estimate of drug-likeness (QED) is 0.361. The number of carbonyl (C=O) groups excluding carboxylic acids is 3. The third-order valence-electron chi connectivity index (χ3n) is 6.53. The minimum absolute atomic E-state index is 0.154. The van der Waals surface area contributed by atoms with Crippen LogP contribution in [0.5, 0.6) is 5.75 Å². The van der Waals surface area contributed by atoms with E-state index in [4.69, 9.17) is 9.47 Å². The van der Waals surface area contributed by atoms with Crippen molar-refractivity contribution in [3.05, 3.63) is 29.8 Å². The number of nitrogens with zero attached hydrogens (tertiary/aromatic N) is 1. The van der Waals surface area contributed by atoms with Gasteiger partial charge in [0.2, 0.25) is 15.9 Å². The lowest BCUT2D eigenvalue weighted by molar-refractivity contribution is -0.120. The third kappa shape index (κ3) is 11.5. The maximum Gasteiger partial charge on any atom is 0.410 e. The summed E-state index contributed by atoms with van der Waals surface area (Å²) in [5.41, 5.74) is -0.203. The molecule has 1 aliphatic rings. The average Bonchev–Trinajstić information content (AvgIpc) is 2.85. The molecule has 0 spiro atoms. The van der Waals surface area contributed by atoms with Crippen LogP contribution >= 0.6 is 0 Å². The van der Waals surface area contributed by atoms with E-state index in [0.717, 1.165) is 32.2 Å². The van der Waals surface area contributed by atoms with Crippen LogP contribution in [0.3, 0.4) is 0 Å². The van der Waals surface area contributed by atoms with Gasteiger partial charge in [-0.2, -0.15) is 0 Å². The number of rotatable bonds is 12. The minimum atomic E-state index is -3.52. The fraction of sp³-hybridized carbons (Fsp3) is 0.679. The lowest BCUT2D eigenvalue weighted by Gasteiger charge is -2.34. The van der Waals surface area contributed by atoms with Crippen molar-refractivity contribution in [2.45, 2.75) is 97.0 Å². The molecule has 0 aliphatic carbocycles. The summed E-state index contributed by atoms with van der Waals surface area (Å²) in [4.78, 5) is 38.8. The van der Waals surface area contributed by atoms with E-state index < -0.39 is 38.7 Å². The van der Waals surface area contributed by atoms with Crippen molar-refractivity contribution in [3.63, 3.8) is 0 Å². The van der Waals surface area contributed by atoms with Crippen LogP contribution in [0.1, 0.15) is 90.4 Å². The van der Waals surface area contributed by atoms with Gasteiger partial charge in [-0.25, -0.2) is 17.9 Å². The maximum absolute atomic E-state index is 12.4. The van der Waals surface area contributed by atoms with Crippen molar-refractivity contribution in [3.8, 4) is 5.75 Å². The Morgan fingerprint density at radius 3 is 2.41 bits per heavy atom. The second-order valence-corrected chi connectivity index (χ2v) is 13.4. The van der Waals surface area contributed by atoms with Crippen LogP contribution in [-0.2, 0) is 19.6 Å². The van der Waals surface area contributed by atoms with Crippen molar-refractivity contribution in [2.24, 2.45) is 5.92 Å². The molecule has 220 valence electrons. The lowest BCUT2D eigenvalue weighted by Crippen LogP contribution is -2.42. The lowest BCUT2D eigenvalue weighted by atomic mass is 9.94. The van der Waals surface area contributed by atoms with Gasteiger partial charge in [0.15, 0.2) is 0 Å². The number of piperidine rings is 1. The van der Waals surface area contributed by atoms with Gasteiger partial charge in [-0.05, 0) is 96.9 Å². The summed E-state index contributed by atoms with van der Waals surface area (Å²) >= 11 is 0. The molecule has 1 aromatic rings. The van der Waals surface area contributed by atoms with Crippen molar-refractivity contribution in [1.29, 1.82) is 0 Å². The molecule has 10 nitrogen and oxygen atoms in total. The van der Waals surface area contributed by atoms with E-state index in [2.05, 4.69) is 10.0 Å². The predicted octanol–water partition coefficient (Wildman–Crippen LogP) is 4.25. The molecular formula is C28H45N3O7S. The summed E-state index contributed by atoms with van der Waals surface area (Å²) in [5, 5.41) is 1.73. The van der Waals surface area contributed by atoms with Crippen LogP contribution in [-0.4, -0.2) is 67.8 Å². The number of benzene rings is 1. The molecule has 1 aromatic carbocycles. The highest BCUT2D eigenvalue weighted by molar-refractivity contribution is 7.90. The largest absolute Gasteiger partial charge is 0.494 e. The monoisotopic (exact) mass is 567 g/mol. The number of sulfonamides is 1. The zero-order chi connectivity index (χ0) is 29.2. The molecule has 3 unspecified atom stereocenters. The molecular weight excluding hydrogens is 522 g/mol. The molecule has 1 heterocycles. The average molecular weight is 568 g/mol. The molecule has 1 aliphatic heterocycles. The number of carbonyl (C=O) groups is 3. The van der Waals surface area contributed by atoms with Crippen LogP contribution < -0.4 is 14.8 Å². The Morgan fingerprint density at radius 2 is 1.79 bits per heavy atom. The van der Waals surface area contributed by atoms with Crippen molar-refractivity contribution in [1.82, 2.24) is 14.9 Å². The Kier molecular flexibility index (Phi) is 12.2. The van der Waals surface area contributed by atoms with Gasteiger partial charge in [0.05, 0.1) is 11.9 Å². The van der Waals surface area contributed by atoms with E-state index in [0.29, 0.717) is 36.8 Å². The molecule has 39 heavy (non-hydrogen) atoms. The summed E-state index contributed by atoms with van der Waals surface area (Å²) in [6.07, 6.45) is 3.86. The first kappa shape index (κ1) is 32.6. The number of ether oxygens (including phenoxy) is 2. The number of hydrogen-bond donors (Lipinski definition) is 2. The molecule has 2 rings (SSSR count). The molecule has 1 saturated heterocycles. The van der Waals surface area contributed by atoms with E-state index in [1.54, 1.807) is 49.9 Å². The molecule has 2 N–H and O–H groups in total. The predicted molar refractivity (Wildman–Crippen MR) is 150 cm³/mol. The molecule has 3 atom stereocenters. The van der Waals surface area contributed by atoms with Crippen LogP contribution in [0.15, 0.2) is 24.3 Å². The van der Waals surface area contributed by atoms with Crippen molar-refractivity contribution in [2.75, 3.05) is 19.7 Å². The summed E-state index contributed by atoms with van der Waals surface area (Å²) in [6, 6.07) is 5.86. The van der Waals surface area contributed by atoms with Gasteiger partial charge in [-0.15, -0.1) is 0 Å². The van der Waals surface area contributed by atoms with Crippen LogP contribution in [0, 0.1) is 5.92 Å². The second-order valence-electron chi connectivity index (χ2n) is 11.3. The van der Waals surface area contributed by atoms with Crippen molar-refractivity contribution < 1.29 is 32.3 Å². The summed E-state index contributed by atoms with van der Waals surface area (Å²) in [5.74, 6) is -0.0977. The molecule has 1 fully saturated rings. The van der Waals surface area contributed by atoms with Crippen LogP contribution in [0.4, 0.5) is 4.79 Å². The van der Waals surface area contributed by atoms with E-state index in [9.17, 15) is 22.8 Å². The number of amides is 3. The Bertz CT molecular complexity index is 1070. The smallest absolute Gasteiger partial charge is 0.410 e. The molecule has 0 aromatic heterocycles. The van der Waals surface area contributed by atoms with Crippen LogP contribution in [0.25, 0.3) is 0 Å². The Labute approximate surface area is 233 Å². The summed E-state index contributed by atoms with van der Waals surface area (Å²) in [7, 11) is -3.52. The molecule has 3 amide bonds. The van der Waals surface area contributed by atoms with E-state index in [1.807, 2.05) is 20.8 Å². The third-order valence-corrected chi connectivity index (χ3v) is 8.65. The Hall–Kier alpha value is -2.66. The highest BCUT2D eigenvalue weighted by Gasteiger charge is 2.27. The zero-order valence-electron chi connectivity index (χ0n) is 24.1. The van der Waals surface area contributed by atoms with Crippen molar-refractivity contribution >= 4 is 27.9 Å². The maximum atomic E-state index is 12.4. The number of imide groups is 1.